The van der Waals surface area contributed by atoms with Crippen molar-refractivity contribution in [3.8, 4) is 0 Å². The maximum absolute atomic E-state index is 13.0. The van der Waals surface area contributed by atoms with Crippen molar-refractivity contribution in [3.05, 3.63) is 66.0 Å². The second-order valence-corrected chi connectivity index (χ2v) is 36.0. The Kier molecular flexibility index (Phi) is 40.1. The SMILES string of the molecule is CC(C)(C)C(C1CC1)C1CC1.CC(C)(C)c1ccccc1.CC(C)(C)c1ccccn1.CCOC(=O)N(C)C(C)(C)C.CC[C@@H](C(C)O)C(C)(C)C.CC[C@@H](CC(C)(C)O)C(C)(C)C.CC[C@@H](CC(O)(C1CC1)C(F)(F)F)C(C)(C)C.CC[C@@H](COC)C(C)(C)C. The molecule has 0 aliphatic heterocycles. The number of hydrogen-bond donors (Lipinski definition) is 3. The summed E-state index contributed by atoms with van der Waals surface area (Å²) in [5.74, 6) is 4.31. The molecule has 3 N–H and O–H groups in total. The number of aromatic nitrogens is 1. The molecule has 6 atom stereocenters. The largest absolute Gasteiger partial charge is 0.450 e. The lowest BCUT2D eigenvalue weighted by Gasteiger charge is -2.39. The molecule has 0 saturated heterocycles. The number of aliphatic hydroxyl groups excluding tert-OH is 1. The Labute approximate surface area is 562 Å². The minimum Gasteiger partial charge on any atom is -0.450 e. The fourth-order valence-electron chi connectivity index (χ4n) is 12.0. The first kappa shape index (κ1) is 92.5. The van der Waals surface area contributed by atoms with Gasteiger partial charge in [-0.3, -0.25) is 4.98 Å². The number of methoxy groups -OCH3 is 1. The summed E-state index contributed by atoms with van der Waals surface area (Å²) in [7, 11) is 3.51. The van der Waals surface area contributed by atoms with Gasteiger partial charge in [0.1, 0.15) is 0 Å². The van der Waals surface area contributed by atoms with Crippen LogP contribution < -0.4 is 0 Å². The summed E-state index contributed by atoms with van der Waals surface area (Å²) < 4.78 is 49.0. The molecule has 2 unspecified atom stereocenters. The Morgan fingerprint density at radius 3 is 1.15 bits per heavy atom. The molecule has 3 fully saturated rings. The third-order valence-electron chi connectivity index (χ3n) is 18.6. The number of hydrogen-bond acceptors (Lipinski definition) is 7. The number of amides is 1. The van der Waals surface area contributed by atoms with Crippen LogP contribution in [0.5, 0.6) is 0 Å². The number of nitrogens with zero attached hydrogens (tertiary/aromatic N) is 2. The lowest BCUT2D eigenvalue weighted by atomic mass is 9.72. The Hall–Kier alpha value is -2.73. The quantitative estimate of drug-likeness (QED) is 0.163. The number of carbonyl (C=O) groups excluding carboxylic acids is 1. The van der Waals surface area contributed by atoms with Crippen LogP contribution >= 0.6 is 0 Å². The Bertz CT molecular complexity index is 2100. The van der Waals surface area contributed by atoms with Gasteiger partial charge in [-0.1, -0.05) is 235 Å². The molecule has 1 amide bonds. The van der Waals surface area contributed by atoms with E-state index >= 15 is 0 Å². The van der Waals surface area contributed by atoms with Crippen molar-refractivity contribution < 1.29 is 42.8 Å². The zero-order valence-corrected chi connectivity index (χ0v) is 65.9. The average Bonchev–Trinajstić information content (AvgIpc) is 1.70. The summed E-state index contributed by atoms with van der Waals surface area (Å²) in [4.78, 5) is 16.9. The number of halogens is 3. The standard InChI is InChI=1S/C13H23F3O.C11H24O.C11H20.C10H14.C9H13N.2C9H20O.C8H17NO2/c1-5-9(11(2,3)4)8-12(17,10-6-7-10)13(14,15)16;1-7-9(10(2,3)4)8-11(5,6)12;1-11(2,3)10(8-4-5-8)9-6-7-9;1-10(2,3)9-7-5-4-6-8-9;1-9(2,3)8-6-4-5-7-10-8;1-6-8(7-10-5)9(2,3)4;1-6-8(7(2)10)9(3,4)5;1-6-11-7(10)9(5)8(2,3)4/h9-10,17H,5-8H2,1-4H3;9,12H,7-8H2,1-6H3;8-10H,4-7H2,1-3H3;4-8H,1-3H3;4-7H,1-3H3;8H,6-7H2,1-5H3;7-8,10H,6H2,1-5H3;6H2,1-5H3/t9-,12?;9-;;;;8-;7?,8-;/m00...00./s1. The molecular weight excluding hydrogens is 1140 g/mol. The lowest BCUT2D eigenvalue weighted by Crippen LogP contribution is -2.49. The Morgan fingerprint density at radius 1 is 0.560 bits per heavy atom. The average molecular weight is 1290 g/mol. The van der Waals surface area contributed by atoms with Crippen LogP contribution in [-0.2, 0) is 20.3 Å². The monoisotopic (exact) mass is 1290 g/mol. The van der Waals surface area contributed by atoms with Crippen LogP contribution in [0, 0.1) is 74.4 Å². The topological polar surface area (TPSA) is 112 Å². The normalized spacial score (nSPS) is 17.2. The molecule has 91 heavy (non-hydrogen) atoms. The van der Waals surface area contributed by atoms with Gasteiger partial charge in [0.25, 0.3) is 0 Å². The molecule has 3 aliphatic carbocycles. The molecule has 1 aromatic heterocycles. The summed E-state index contributed by atoms with van der Waals surface area (Å²) in [6.07, 6.45) is 8.79. The first-order valence-electron chi connectivity index (χ1n) is 35.4. The minimum absolute atomic E-state index is 0.116. The molecule has 1 heterocycles. The smallest absolute Gasteiger partial charge is 0.417 e. The summed E-state index contributed by atoms with van der Waals surface area (Å²) in [6, 6.07) is 16.6. The summed E-state index contributed by atoms with van der Waals surface area (Å²) in [6.45, 7) is 69.4. The van der Waals surface area contributed by atoms with E-state index in [1.807, 2.05) is 87.6 Å². The Balaban J connectivity index is -0.000000980. The summed E-state index contributed by atoms with van der Waals surface area (Å²) in [5.41, 5.74) is 1.20. The van der Waals surface area contributed by atoms with Crippen molar-refractivity contribution in [2.24, 2.45) is 74.4 Å². The van der Waals surface area contributed by atoms with Gasteiger partial charge < -0.3 is 29.7 Å². The number of carbonyl (C=O) groups is 1. The van der Waals surface area contributed by atoms with Crippen LogP contribution in [-0.4, -0.2) is 87.7 Å². The van der Waals surface area contributed by atoms with E-state index in [2.05, 4.69) is 187 Å². The van der Waals surface area contributed by atoms with E-state index < -0.39 is 23.3 Å². The fraction of sp³-hybridized carbons (Fsp3) is 0.850. The highest BCUT2D eigenvalue weighted by atomic mass is 19.4. The van der Waals surface area contributed by atoms with Crippen molar-refractivity contribution >= 4 is 6.09 Å². The van der Waals surface area contributed by atoms with Gasteiger partial charge >= 0.3 is 12.3 Å². The number of pyridine rings is 1. The lowest BCUT2D eigenvalue weighted by molar-refractivity contribution is -0.276. The predicted octanol–water partition coefficient (Wildman–Crippen LogP) is 23.2. The van der Waals surface area contributed by atoms with E-state index in [-0.39, 0.29) is 46.3 Å². The van der Waals surface area contributed by atoms with Gasteiger partial charge in [-0.25, -0.2) is 4.79 Å². The number of benzene rings is 1. The van der Waals surface area contributed by atoms with Crippen LogP contribution in [0.4, 0.5) is 18.0 Å². The molecule has 0 bridgehead atoms. The van der Waals surface area contributed by atoms with E-state index in [0.29, 0.717) is 65.3 Å². The van der Waals surface area contributed by atoms with Crippen LogP contribution in [0.1, 0.15) is 310 Å². The van der Waals surface area contributed by atoms with Crippen molar-refractivity contribution in [2.75, 3.05) is 27.4 Å². The van der Waals surface area contributed by atoms with Gasteiger partial charge in [-0.05, 0) is 197 Å². The van der Waals surface area contributed by atoms with E-state index in [0.717, 1.165) is 49.3 Å². The van der Waals surface area contributed by atoms with Gasteiger partial charge in [0.05, 0.1) is 18.3 Å². The van der Waals surface area contributed by atoms with E-state index in [1.54, 1.807) is 26.0 Å². The van der Waals surface area contributed by atoms with E-state index in [9.17, 15) is 33.3 Å². The second-order valence-electron chi connectivity index (χ2n) is 36.0. The van der Waals surface area contributed by atoms with Crippen molar-refractivity contribution in [1.29, 1.82) is 0 Å². The zero-order chi connectivity index (χ0) is 72.4. The molecule has 3 aliphatic rings. The summed E-state index contributed by atoms with van der Waals surface area (Å²) >= 11 is 0. The molecule has 538 valence electrons. The van der Waals surface area contributed by atoms with E-state index in [1.165, 1.54) is 37.7 Å². The van der Waals surface area contributed by atoms with Crippen LogP contribution in [0.3, 0.4) is 0 Å². The van der Waals surface area contributed by atoms with Crippen LogP contribution in [0.15, 0.2) is 54.7 Å². The molecule has 11 heteroatoms. The van der Waals surface area contributed by atoms with Crippen molar-refractivity contribution in [3.63, 3.8) is 0 Å². The van der Waals surface area contributed by atoms with Crippen molar-refractivity contribution in [2.45, 2.75) is 338 Å². The van der Waals surface area contributed by atoms with Gasteiger partial charge in [0.15, 0.2) is 5.60 Å². The molecule has 3 saturated carbocycles. The summed E-state index contributed by atoms with van der Waals surface area (Å²) in [5, 5.41) is 29.1. The van der Waals surface area contributed by atoms with Gasteiger partial charge in [0.2, 0.25) is 0 Å². The molecular formula is C80H151F3N2O6. The fourth-order valence-corrected chi connectivity index (χ4v) is 12.0. The predicted molar refractivity (Wildman–Crippen MR) is 387 cm³/mol. The molecule has 0 spiro atoms. The third kappa shape index (κ3) is 40.4. The van der Waals surface area contributed by atoms with Gasteiger partial charge in [-0.15, -0.1) is 0 Å². The minimum atomic E-state index is -4.51. The molecule has 1 aromatic carbocycles. The van der Waals surface area contributed by atoms with Crippen LogP contribution in [0.2, 0.25) is 0 Å². The van der Waals surface area contributed by atoms with E-state index in [4.69, 9.17) is 9.47 Å². The highest BCUT2D eigenvalue weighted by Crippen LogP contribution is 2.56. The molecule has 8 nitrogen and oxygen atoms in total. The number of ether oxygens (including phenoxy) is 2. The third-order valence-corrected chi connectivity index (χ3v) is 18.6. The first-order valence-corrected chi connectivity index (χ1v) is 35.4. The number of rotatable bonds is 15. The highest BCUT2D eigenvalue weighted by Gasteiger charge is 2.62. The Morgan fingerprint density at radius 2 is 0.967 bits per heavy atom. The zero-order valence-electron chi connectivity index (χ0n) is 65.9. The van der Waals surface area contributed by atoms with Crippen LogP contribution in [0.25, 0.3) is 0 Å². The highest BCUT2D eigenvalue weighted by molar-refractivity contribution is 5.68. The maximum Gasteiger partial charge on any atom is 0.417 e. The van der Waals surface area contributed by atoms with Gasteiger partial charge in [0, 0.05) is 43.6 Å². The second kappa shape index (κ2) is 39.5. The molecule has 2 aromatic rings. The van der Waals surface area contributed by atoms with Gasteiger partial charge in [-0.2, -0.15) is 13.2 Å². The maximum atomic E-state index is 13.0. The first-order chi connectivity index (χ1) is 40.8. The molecule has 5 rings (SSSR count). The number of alkyl halides is 3. The van der Waals surface area contributed by atoms with Crippen molar-refractivity contribution in [1.82, 2.24) is 9.88 Å². The number of aliphatic hydroxyl groups is 3. The molecule has 0 radical (unpaired) electrons.